The first-order chi connectivity index (χ1) is 10.2. The SMILES string of the molecule is COC(=O)Cc1cc(C2NCCc3ccccc32)n(C)n1. The normalized spacial score (nSPS) is 17.3. The molecule has 0 bridgehead atoms. The van der Waals surface area contributed by atoms with Crippen LogP contribution in [0.3, 0.4) is 0 Å². The monoisotopic (exact) mass is 285 g/mol. The van der Waals surface area contributed by atoms with Crippen molar-refractivity contribution >= 4 is 5.97 Å². The molecule has 1 aliphatic heterocycles. The Labute approximate surface area is 123 Å². The maximum Gasteiger partial charge on any atom is 0.311 e. The highest BCUT2D eigenvalue weighted by molar-refractivity contribution is 5.71. The minimum atomic E-state index is -0.267. The second-order valence-corrected chi connectivity index (χ2v) is 5.27. The van der Waals surface area contributed by atoms with Gasteiger partial charge in [-0.05, 0) is 23.6 Å². The molecule has 0 spiro atoms. The van der Waals surface area contributed by atoms with Crippen molar-refractivity contribution in [2.75, 3.05) is 13.7 Å². The van der Waals surface area contributed by atoms with Gasteiger partial charge in [-0.1, -0.05) is 24.3 Å². The predicted octanol–water partition coefficient (Wildman–Crippen LogP) is 1.37. The van der Waals surface area contributed by atoms with Gasteiger partial charge in [0.2, 0.25) is 0 Å². The first-order valence-electron chi connectivity index (χ1n) is 7.10. The number of hydrogen-bond acceptors (Lipinski definition) is 4. The average Bonchev–Trinajstić information content (AvgIpc) is 2.87. The maximum atomic E-state index is 11.4. The van der Waals surface area contributed by atoms with Crippen molar-refractivity contribution in [2.24, 2.45) is 7.05 Å². The van der Waals surface area contributed by atoms with Crippen molar-refractivity contribution in [1.82, 2.24) is 15.1 Å². The lowest BCUT2D eigenvalue weighted by atomic mass is 9.92. The molecule has 2 aromatic rings. The van der Waals surface area contributed by atoms with Gasteiger partial charge in [0, 0.05) is 13.6 Å². The molecule has 1 N–H and O–H groups in total. The number of nitrogens with zero attached hydrogens (tertiary/aromatic N) is 2. The number of hydrogen-bond donors (Lipinski definition) is 1. The number of methoxy groups -OCH3 is 1. The summed E-state index contributed by atoms with van der Waals surface area (Å²) in [7, 11) is 3.31. The van der Waals surface area contributed by atoms with E-state index in [-0.39, 0.29) is 18.4 Å². The fourth-order valence-electron chi connectivity index (χ4n) is 2.89. The molecule has 0 amide bonds. The van der Waals surface area contributed by atoms with Gasteiger partial charge in [-0.25, -0.2) is 0 Å². The third-order valence-electron chi connectivity index (χ3n) is 3.92. The zero-order valence-corrected chi connectivity index (χ0v) is 12.3. The Morgan fingerprint density at radius 2 is 2.29 bits per heavy atom. The zero-order chi connectivity index (χ0) is 14.8. The molecule has 21 heavy (non-hydrogen) atoms. The van der Waals surface area contributed by atoms with Gasteiger partial charge in [-0.15, -0.1) is 0 Å². The van der Waals surface area contributed by atoms with E-state index in [4.69, 9.17) is 4.74 Å². The Bertz CT molecular complexity index is 663. The lowest BCUT2D eigenvalue weighted by Gasteiger charge is -2.26. The molecule has 1 aromatic carbocycles. The number of carbonyl (C=O) groups excluding carboxylic acids is 1. The molecule has 110 valence electrons. The molecule has 2 heterocycles. The van der Waals surface area contributed by atoms with E-state index in [9.17, 15) is 4.79 Å². The standard InChI is InChI=1S/C16H19N3O2/c1-19-14(9-12(18-19)10-15(20)21-2)16-13-6-4-3-5-11(13)7-8-17-16/h3-6,9,16-17H,7-8,10H2,1-2H3. The molecular formula is C16H19N3O2. The van der Waals surface area contributed by atoms with Crippen molar-refractivity contribution in [3.05, 3.63) is 52.8 Å². The highest BCUT2D eigenvalue weighted by Gasteiger charge is 2.24. The number of rotatable bonds is 3. The van der Waals surface area contributed by atoms with E-state index in [1.165, 1.54) is 18.2 Å². The van der Waals surface area contributed by atoms with Gasteiger partial charge in [-0.3, -0.25) is 9.48 Å². The van der Waals surface area contributed by atoms with E-state index in [1.54, 1.807) is 0 Å². The molecule has 3 rings (SSSR count). The van der Waals surface area contributed by atoms with Crippen LogP contribution in [0.1, 0.15) is 28.6 Å². The Hall–Kier alpha value is -2.14. The Morgan fingerprint density at radius 1 is 1.48 bits per heavy atom. The fraction of sp³-hybridized carbons (Fsp3) is 0.375. The maximum absolute atomic E-state index is 11.4. The number of esters is 1. The quantitative estimate of drug-likeness (QED) is 0.865. The van der Waals surface area contributed by atoms with E-state index in [2.05, 4.69) is 34.7 Å². The number of aromatic nitrogens is 2. The molecule has 5 heteroatoms. The summed E-state index contributed by atoms with van der Waals surface area (Å²) in [6, 6.07) is 10.6. The van der Waals surface area contributed by atoms with E-state index in [0.717, 1.165) is 24.4 Å². The van der Waals surface area contributed by atoms with Crippen LogP contribution in [0.4, 0.5) is 0 Å². The van der Waals surface area contributed by atoms with Crippen LogP contribution in [-0.4, -0.2) is 29.4 Å². The van der Waals surface area contributed by atoms with Crippen molar-refractivity contribution in [3.63, 3.8) is 0 Å². The number of aryl methyl sites for hydroxylation is 1. The number of nitrogens with one attached hydrogen (secondary N) is 1. The smallest absolute Gasteiger partial charge is 0.311 e. The summed E-state index contributed by atoms with van der Waals surface area (Å²) < 4.78 is 6.55. The largest absolute Gasteiger partial charge is 0.469 e. The molecule has 0 saturated heterocycles. The van der Waals surface area contributed by atoms with Gasteiger partial charge in [0.15, 0.2) is 0 Å². The molecule has 1 aliphatic rings. The van der Waals surface area contributed by atoms with Crippen LogP contribution in [0.15, 0.2) is 30.3 Å². The summed E-state index contributed by atoms with van der Waals surface area (Å²) in [5.41, 5.74) is 4.47. The second kappa shape index (κ2) is 5.69. The van der Waals surface area contributed by atoms with Crippen LogP contribution < -0.4 is 5.32 Å². The number of fused-ring (bicyclic) bond motifs is 1. The van der Waals surface area contributed by atoms with Crippen LogP contribution in [0.25, 0.3) is 0 Å². The topological polar surface area (TPSA) is 56.1 Å². The van der Waals surface area contributed by atoms with Gasteiger partial charge in [-0.2, -0.15) is 5.10 Å². The van der Waals surface area contributed by atoms with Gasteiger partial charge in [0.1, 0.15) is 0 Å². The van der Waals surface area contributed by atoms with Crippen LogP contribution >= 0.6 is 0 Å². The Balaban J connectivity index is 1.93. The van der Waals surface area contributed by atoms with Crippen LogP contribution in [0, 0.1) is 0 Å². The molecule has 0 aliphatic carbocycles. The molecule has 5 nitrogen and oxygen atoms in total. The summed E-state index contributed by atoms with van der Waals surface area (Å²) in [6.45, 7) is 0.944. The highest BCUT2D eigenvalue weighted by Crippen LogP contribution is 2.28. The molecule has 0 radical (unpaired) electrons. The first-order valence-corrected chi connectivity index (χ1v) is 7.10. The van der Waals surface area contributed by atoms with Crippen molar-refractivity contribution in [3.8, 4) is 0 Å². The van der Waals surface area contributed by atoms with Crippen molar-refractivity contribution in [1.29, 1.82) is 0 Å². The molecule has 0 fully saturated rings. The highest BCUT2D eigenvalue weighted by atomic mass is 16.5. The summed E-state index contributed by atoms with van der Waals surface area (Å²) >= 11 is 0. The minimum Gasteiger partial charge on any atom is -0.469 e. The van der Waals surface area contributed by atoms with Crippen LogP contribution in [0.2, 0.25) is 0 Å². The summed E-state index contributed by atoms with van der Waals surface area (Å²) in [5.74, 6) is -0.267. The predicted molar refractivity (Wildman–Crippen MR) is 78.9 cm³/mol. The molecule has 0 saturated carbocycles. The van der Waals surface area contributed by atoms with Crippen molar-refractivity contribution in [2.45, 2.75) is 18.9 Å². The molecule has 1 unspecified atom stereocenters. The lowest BCUT2D eigenvalue weighted by molar-refractivity contribution is -0.139. The van der Waals surface area contributed by atoms with Gasteiger partial charge < -0.3 is 10.1 Å². The number of benzene rings is 1. The van der Waals surface area contributed by atoms with E-state index in [0.29, 0.717) is 0 Å². The average molecular weight is 285 g/mol. The van der Waals surface area contributed by atoms with Gasteiger partial charge >= 0.3 is 5.97 Å². The first kappa shape index (κ1) is 13.8. The van der Waals surface area contributed by atoms with Gasteiger partial charge in [0.05, 0.1) is 31.0 Å². The van der Waals surface area contributed by atoms with Crippen LogP contribution in [0.5, 0.6) is 0 Å². The third kappa shape index (κ3) is 2.69. The molecule has 1 aromatic heterocycles. The van der Waals surface area contributed by atoms with E-state index < -0.39 is 0 Å². The Morgan fingerprint density at radius 3 is 3.10 bits per heavy atom. The molecular weight excluding hydrogens is 266 g/mol. The Kier molecular flexibility index (Phi) is 3.75. The molecule has 1 atom stereocenters. The zero-order valence-electron chi connectivity index (χ0n) is 12.3. The second-order valence-electron chi connectivity index (χ2n) is 5.27. The fourth-order valence-corrected chi connectivity index (χ4v) is 2.89. The van der Waals surface area contributed by atoms with Crippen molar-refractivity contribution < 1.29 is 9.53 Å². The summed E-state index contributed by atoms with van der Waals surface area (Å²) in [5, 5.41) is 7.96. The number of ether oxygens (including phenoxy) is 1. The lowest BCUT2D eigenvalue weighted by Crippen LogP contribution is -2.31. The van der Waals surface area contributed by atoms with Gasteiger partial charge in [0.25, 0.3) is 0 Å². The minimum absolute atomic E-state index is 0.124. The summed E-state index contributed by atoms with van der Waals surface area (Å²) in [4.78, 5) is 11.4. The van der Waals surface area contributed by atoms with E-state index >= 15 is 0 Å². The van der Waals surface area contributed by atoms with E-state index in [1.807, 2.05) is 17.8 Å². The third-order valence-corrected chi connectivity index (χ3v) is 3.92. The number of carbonyl (C=O) groups is 1. The summed E-state index contributed by atoms with van der Waals surface area (Å²) in [6.07, 6.45) is 1.25. The van der Waals surface area contributed by atoms with Crippen LogP contribution in [-0.2, 0) is 29.4 Å².